The Morgan fingerprint density at radius 3 is 2.78 bits per heavy atom. The zero-order valence-electron chi connectivity index (χ0n) is 10.2. The third-order valence-electron chi connectivity index (χ3n) is 3.21. The Bertz CT molecular complexity index is 468. The summed E-state index contributed by atoms with van der Waals surface area (Å²) in [5.74, 6) is -0.947. The minimum absolute atomic E-state index is 0.0878. The molecule has 1 aliphatic rings. The molecule has 2 N–H and O–H groups in total. The molecule has 0 unspecified atom stereocenters. The summed E-state index contributed by atoms with van der Waals surface area (Å²) in [5.41, 5.74) is 3.29. The van der Waals surface area contributed by atoms with Crippen molar-refractivity contribution < 1.29 is 14.7 Å². The van der Waals surface area contributed by atoms with Crippen LogP contribution in [-0.4, -0.2) is 23.5 Å². The van der Waals surface area contributed by atoms with Gasteiger partial charge in [0.25, 0.3) is 5.91 Å². The van der Waals surface area contributed by atoms with Crippen LogP contribution in [0, 0.1) is 0 Å². The molecule has 0 spiro atoms. The predicted molar refractivity (Wildman–Crippen MR) is 67.7 cm³/mol. The number of aliphatic carboxylic acids is 1. The smallest absolute Gasteiger partial charge is 0.303 e. The second-order valence-corrected chi connectivity index (χ2v) is 4.59. The topological polar surface area (TPSA) is 66.4 Å². The van der Waals surface area contributed by atoms with Crippen LogP contribution in [0.15, 0.2) is 18.2 Å². The van der Waals surface area contributed by atoms with Crippen LogP contribution in [0.5, 0.6) is 0 Å². The molecule has 0 bridgehead atoms. The van der Waals surface area contributed by atoms with E-state index < -0.39 is 5.97 Å². The van der Waals surface area contributed by atoms with Crippen LogP contribution in [0.4, 0.5) is 0 Å². The molecule has 0 heterocycles. The van der Waals surface area contributed by atoms with Crippen molar-refractivity contribution in [2.75, 3.05) is 6.54 Å². The third kappa shape index (κ3) is 3.09. The fourth-order valence-corrected chi connectivity index (χ4v) is 2.26. The minimum atomic E-state index is -0.832. The molecular weight excluding hydrogens is 230 g/mol. The van der Waals surface area contributed by atoms with Gasteiger partial charge in [-0.15, -0.1) is 0 Å². The van der Waals surface area contributed by atoms with E-state index in [0.717, 1.165) is 12.8 Å². The molecule has 0 radical (unpaired) electrons. The molecule has 1 aliphatic carbocycles. The molecular formula is C14H17NO3. The Morgan fingerprint density at radius 2 is 2.00 bits per heavy atom. The lowest BCUT2D eigenvalue weighted by atomic mass is 10.1. The Kier molecular flexibility index (Phi) is 3.97. The molecule has 4 nitrogen and oxygen atoms in total. The van der Waals surface area contributed by atoms with Gasteiger partial charge in [-0.1, -0.05) is 6.07 Å². The van der Waals surface area contributed by atoms with Gasteiger partial charge in [-0.25, -0.2) is 0 Å². The van der Waals surface area contributed by atoms with E-state index in [9.17, 15) is 9.59 Å². The van der Waals surface area contributed by atoms with Crippen molar-refractivity contribution in [1.29, 1.82) is 0 Å². The van der Waals surface area contributed by atoms with Gasteiger partial charge in [-0.05, 0) is 48.9 Å². The Balaban J connectivity index is 1.87. The molecule has 4 heteroatoms. The molecule has 0 atom stereocenters. The maximum absolute atomic E-state index is 11.8. The van der Waals surface area contributed by atoms with Crippen molar-refractivity contribution >= 4 is 11.9 Å². The highest BCUT2D eigenvalue weighted by Gasteiger charge is 2.13. The van der Waals surface area contributed by atoms with Gasteiger partial charge in [0.1, 0.15) is 0 Å². The maximum Gasteiger partial charge on any atom is 0.303 e. The SMILES string of the molecule is O=C(O)CCCNC(=O)c1ccc2c(c1)CCC2. The largest absolute Gasteiger partial charge is 0.481 e. The van der Waals surface area contributed by atoms with E-state index in [4.69, 9.17) is 5.11 Å². The number of carboxylic acid groups (broad SMARTS) is 1. The first kappa shape index (κ1) is 12.6. The molecule has 0 fully saturated rings. The zero-order valence-corrected chi connectivity index (χ0v) is 10.2. The number of hydrogen-bond donors (Lipinski definition) is 2. The Labute approximate surface area is 106 Å². The summed E-state index contributed by atoms with van der Waals surface area (Å²) in [6.07, 6.45) is 3.88. The van der Waals surface area contributed by atoms with Crippen LogP contribution in [0.2, 0.25) is 0 Å². The van der Waals surface area contributed by atoms with Gasteiger partial charge in [0.2, 0.25) is 0 Å². The summed E-state index contributed by atoms with van der Waals surface area (Å²) in [5, 5.41) is 11.2. The Hall–Kier alpha value is -1.84. The van der Waals surface area contributed by atoms with E-state index in [-0.39, 0.29) is 12.3 Å². The van der Waals surface area contributed by atoms with E-state index in [1.54, 1.807) is 0 Å². The summed E-state index contributed by atoms with van der Waals surface area (Å²) in [4.78, 5) is 22.2. The fraction of sp³-hybridized carbons (Fsp3) is 0.429. The minimum Gasteiger partial charge on any atom is -0.481 e. The molecule has 2 rings (SSSR count). The van der Waals surface area contributed by atoms with Gasteiger partial charge in [0.05, 0.1) is 0 Å². The third-order valence-corrected chi connectivity index (χ3v) is 3.21. The summed E-state index contributed by atoms with van der Waals surface area (Å²) < 4.78 is 0. The van der Waals surface area contributed by atoms with Crippen LogP contribution in [0.1, 0.15) is 40.7 Å². The van der Waals surface area contributed by atoms with E-state index >= 15 is 0 Å². The standard InChI is InChI=1S/C14H17NO3/c16-13(17)5-2-8-15-14(18)12-7-6-10-3-1-4-11(10)9-12/h6-7,9H,1-5,8H2,(H,15,18)(H,16,17). The number of carboxylic acids is 1. The lowest BCUT2D eigenvalue weighted by Crippen LogP contribution is -2.25. The van der Waals surface area contributed by atoms with Crippen LogP contribution < -0.4 is 5.32 Å². The zero-order chi connectivity index (χ0) is 13.0. The van der Waals surface area contributed by atoms with Gasteiger partial charge in [0.15, 0.2) is 0 Å². The Morgan fingerprint density at radius 1 is 1.22 bits per heavy atom. The molecule has 1 amide bonds. The van der Waals surface area contributed by atoms with Crippen LogP contribution >= 0.6 is 0 Å². The van der Waals surface area contributed by atoms with Gasteiger partial charge in [-0.2, -0.15) is 0 Å². The van der Waals surface area contributed by atoms with Gasteiger partial charge in [0, 0.05) is 18.5 Å². The average molecular weight is 247 g/mol. The number of carbonyl (C=O) groups is 2. The van der Waals surface area contributed by atoms with E-state index in [0.29, 0.717) is 18.5 Å². The van der Waals surface area contributed by atoms with Crippen molar-refractivity contribution in [2.45, 2.75) is 32.1 Å². The summed E-state index contributed by atoms with van der Waals surface area (Å²) in [6.45, 7) is 0.405. The highest BCUT2D eigenvalue weighted by atomic mass is 16.4. The maximum atomic E-state index is 11.8. The second-order valence-electron chi connectivity index (χ2n) is 4.59. The number of nitrogens with one attached hydrogen (secondary N) is 1. The fourth-order valence-electron chi connectivity index (χ4n) is 2.26. The monoisotopic (exact) mass is 247 g/mol. The lowest BCUT2D eigenvalue weighted by molar-refractivity contribution is -0.137. The van der Waals surface area contributed by atoms with Crippen molar-refractivity contribution in [1.82, 2.24) is 5.32 Å². The van der Waals surface area contributed by atoms with Crippen LogP contribution in [0.3, 0.4) is 0 Å². The van der Waals surface area contributed by atoms with Gasteiger partial charge >= 0.3 is 5.97 Å². The number of rotatable bonds is 5. The molecule has 18 heavy (non-hydrogen) atoms. The number of amides is 1. The molecule has 1 aromatic rings. The van der Waals surface area contributed by atoms with Crippen molar-refractivity contribution in [3.63, 3.8) is 0 Å². The van der Waals surface area contributed by atoms with Gasteiger partial charge < -0.3 is 10.4 Å². The van der Waals surface area contributed by atoms with E-state index in [1.807, 2.05) is 18.2 Å². The summed E-state index contributed by atoms with van der Waals surface area (Å²) in [7, 11) is 0. The first-order valence-electron chi connectivity index (χ1n) is 6.28. The van der Waals surface area contributed by atoms with Crippen molar-refractivity contribution in [3.8, 4) is 0 Å². The molecule has 0 saturated carbocycles. The number of aryl methyl sites for hydroxylation is 2. The molecule has 0 aliphatic heterocycles. The number of hydrogen-bond acceptors (Lipinski definition) is 2. The number of benzene rings is 1. The predicted octanol–water partition coefficient (Wildman–Crippen LogP) is 1.77. The normalized spacial score (nSPS) is 13.1. The first-order chi connectivity index (χ1) is 8.66. The number of fused-ring (bicyclic) bond motifs is 1. The summed E-state index contributed by atoms with van der Waals surface area (Å²) >= 11 is 0. The molecule has 1 aromatic carbocycles. The second kappa shape index (κ2) is 5.67. The van der Waals surface area contributed by atoms with Crippen molar-refractivity contribution in [2.24, 2.45) is 0 Å². The lowest BCUT2D eigenvalue weighted by Gasteiger charge is -2.06. The molecule has 96 valence electrons. The highest BCUT2D eigenvalue weighted by Crippen LogP contribution is 2.22. The molecule has 0 saturated heterocycles. The van der Waals surface area contributed by atoms with Gasteiger partial charge in [-0.3, -0.25) is 9.59 Å². The highest BCUT2D eigenvalue weighted by molar-refractivity contribution is 5.94. The van der Waals surface area contributed by atoms with E-state index in [1.165, 1.54) is 17.5 Å². The van der Waals surface area contributed by atoms with E-state index in [2.05, 4.69) is 5.32 Å². The summed E-state index contributed by atoms with van der Waals surface area (Å²) in [6, 6.07) is 5.82. The molecule has 0 aromatic heterocycles. The first-order valence-corrected chi connectivity index (χ1v) is 6.28. The van der Waals surface area contributed by atoms with Crippen molar-refractivity contribution in [3.05, 3.63) is 34.9 Å². The van der Waals surface area contributed by atoms with Crippen LogP contribution in [-0.2, 0) is 17.6 Å². The van der Waals surface area contributed by atoms with Crippen LogP contribution in [0.25, 0.3) is 0 Å². The number of carbonyl (C=O) groups excluding carboxylic acids is 1. The quantitative estimate of drug-likeness (QED) is 0.779. The average Bonchev–Trinajstić information content (AvgIpc) is 2.81.